The maximum absolute atomic E-state index is 12.3. The lowest BCUT2D eigenvalue weighted by Crippen LogP contribution is -2.11. The van der Waals surface area contributed by atoms with Gasteiger partial charge in [-0.25, -0.2) is 0 Å². The molecule has 0 bridgehead atoms. The summed E-state index contributed by atoms with van der Waals surface area (Å²) in [5.41, 5.74) is 12.1. The van der Waals surface area contributed by atoms with Crippen molar-refractivity contribution in [2.75, 3.05) is 0 Å². The van der Waals surface area contributed by atoms with E-state index in [4.69, 9.17) is 5.73 Å². The zero-order chi connectivity index (χ0) is 22.5. The molecule has 0 saturated carbocycles. The molecule has 4 aromatic carbocycles. The highest BCUT2D eigenvalue weighted by molar-refractivity contribution is 7.13. The topological polar surface area (TPSA) is 48.0 Å². The fourth-order valence-corrected chi connectivity index (χ4v) is 5.54. The van der Waals surface area contributed by atoms with Crippen LogP contribution in [0.4, 0.5) is 0 Å². The number of carbonyl (C=O) groups is 1. The molecule has 2 N–H and O–H groups in total. The van der Waals surface area contributed by atoms with Crippen molar-refractivity contribution in [3.63, 3.8) is 0 Å². The Hall–Kier alpha value is -3.89. The van der Waals surface area contributed by atoms with E-state index in [0.717, 1.165) is 21.8 Å². The van der Waals surface area contributed by atoms with Crippen molar-refractivity contribution in [3.05, 3.63) is 107 Å². The molecule has 3 nitrogen and oxygen atoms in total. The molecule has 4 heteroatoms. The highest BCUT2D eigenvalue weighted by Gasteiger charge is 2.17. The van der Waals surface area contributed by atoms with E-state index in [1.165, 1.54) is 32.3 Å². The third-order valence-electron chi connectivity index (χ3n) is 6.36. The second kappa shape index (κ2) is 7.61. The van der Waals surface area contributed by atoms with Gasteiger partial charge < -0.3 is 10.3 Å². The van der Waals surface area contributed by atoms with Crippen LogP contribution in [0.1, 0.15) is 21.5 Å². The molecule has 1 amide bonds. The molecule has 0 aliphatic rings. The number of aromatic nitrogens is 1. The number of hydrogen-bond donors (Lipinski definition) is 1. The summed E-state index contributed by atoms with van der Waals surface area (Å²) in [7, 11) is 0. The Morgan fingerprint density at radius 1 is 0.879 bits per heavy atom. The Balaban J connectivity index is 1.60. The molecule has 0 radical (unpaired) electrons. The highest BCUT2D eigenvalue weighted by Crippen LogP contribution is 2.36. The maximum atomic E-state index is 12.3. The molecule has 160 valence electrons. The van der Waals surface area contributed by atoms with Gasteiger partial charge in [0, 0.05) is 27.8 Å². The lowest BCUT2D eigenvalue weighted by molar-refractivity contribution is 0.100. The first-order valence-corrected chi connectivity index (χ1v) is 11.8. The van der Waals surface area contributed by atoms with Gasteiger partial charge in [-0.05, 0) is 64.5 Å². The first-order chi connectivity index (χ1) is 16.1. The Kier molecular flexibility index (Phi) is 4.56. The van der Waals surface area contributed by atoms with Crippen molar-refractivity contribution in [1.82, 2.24) is 4.57 Å². The number of nitrogens with zero attached hydrogens (tertiary/aromatic N) is 1. The van der Waals surface area contributed by atoms with Gasteiger partial charge in [-0.15, -0.1) is 11.3 Å². The number of hydrogen-bond acceptors (Lipinski definition) is 2. The third-order valence-corrected chi connectivity index (χ3v) is 7.28. The second-order valence-corrected chi connectivity index (χ2v) is 9.49. The van der Waals surface area contributed by atoms with Gasteiger partial charge in [0.1, 0.15) is 0 Å². The molecule has 0 fully saturated rings. The largest absolute Gasteiger partial charge is 0.366 e. The van der Waals surface area contributed by atoms with E-state index < -0.39 is 5.91 Å². The molecule has 33 heavy (non-hydrogen) atoms. The van der Waals surface area contributed by atoms with Gasteiger partial charge >= 0.3 is 0 Å². The van der Waals surface area contributed by atoms with E-state index in [9.17, 15) is 4.79 Å². The SMILES string of the molecule is Cc1ccc2cc(Cn3c4cc(-c5cccs5)ccc4c4c(C(N)=O)cccc43)ccc2c1. The second-order valence-electron chi connectivity index (χ2n) is 8.54. The molecule has 2 heterocycles. The van der Waals surface area contributed by atoms with Crippen molar-refractivity contribution in [2.45, 2.75) is 13.5 Å². The highest BCUT2D eigenvalue weighted by atomic mass is 32.1. The van der Waals surface area contributed by atoms with Crippen molar-refractivity contribution in [2.24, 2.45) is 5.73 Å². The van der Waals surface area contributed by atoms with Crippen LogP contribution in [0.25, 0.3) is 43.0 Å². The molecular formula is C29H22N2OS. The quantitative estimate of drug-likeness (QED) is 0.308. The lowest BCUT2D eigenvalue weighted by atomic mass is 10.0. The fourth-order valence-electron chi connectivity index (χ4n) is 4.81. The van der Waals surface area contributed by atoms with Gasteiger partial charge in [0.2, 0.25) is 5.91 Å². The summed E-state index contributed by atoms with van der Waals surface area (Å²) in [5.74, 6) is -0.400. The zero-order valence-corrected chi connectivity index (χ0v) is 19.0. The van der Waals surface area contributed by atoms with Gasteiger partial charge in [0.15, 0.2) is 0 Å². The average molecular weight is 447 g/mol. The fraction of sp³-hybridized carbons (Fsp3) is 0.0690. The van der Waals surface area contributed by atoms with Crippen molar-refractivity contribution < 1.29 is 4.79 Å². The number of primary amides is 1. The van der Waals surface area contributed by atoms with Gasteiger partial charge in [-0.1, -0.05) is 60.2 Å². The summed E-state index contributed by atoms with van der Waals surface area (Å²) in [6.07, 6.45) is 0. The lowest BCUT2D eigenvalue weighted by Gasteiger charge is -2.10. The third kappa shape index (κ3) is 3.31. The van der Waals surface area contributed by atoms with Crippen LogP contribution in [0, 0.1) is 6.92 Å². The molecule has 6 aromatic rings. The van der Waals surface area contributed by atoms with Gasteiger partial charge in [-0.3, -0.25) is 4.79 Å². The number of fused-ring (bicyclic) bond motifs is 4. The number of rotatable bonds is 4. The van der Waals surface area contributed by atoms with Gasteiger partial charge in [0.05, 0.1) is 11.0 Å². The summed E-state index contributed by atoms with van der Waals surface area (Å²) in [4.78, 5) is 13.5. The maximum Gasteiger partial charge on any atom is 0.249 e. The van der Waals surface area contributed by atoms with E-state index in [1.54, 1.807) is 11.3 Å². The average Bonchev–Trinajstić information content (AvgIpc) is 3.46. The van der Waals surface area contributed by atoms with Crippen LogP contribution in [-0.2, 0) is 6.54 Å². The summed E-state index contributed by atoms with van der Waals surface area (Å²) in [6, 6.07) is 29.7. The van der Waals surface area contributed by atoms with Crippen LogP contribution in [-0.4, -0.2) is 10.5 Å². The molecule has 0 saturated heterocycles. The standard InChI is InChI=1S/C29H22N2OS/c1-18-7-9-21-15-19(8-10-20(21)14-18)17-31-25-5-2-4-24(29(30)32)28(25)23-12-11-22(16-26(23)31)27-6-3-13-33-27/h2-16H,17H2,1H3,(H2,30,32). The van der Waals surface area contributed by atoms with E-state index in [0.29, 0.717) is 12.1 Å². The summed E-state index contributed by atoms with van der Waals surface area (Å²) in [6.45, 7) is 2.83. The van der Waals surface area contributed by atoms with Crippen molar-refractivity contribution in [3.8, 4) is 10.4 Å². The Morgan fingerprint density at radius 3 is 2.55 bits per heavy atom. The van der Waals surface area contributed by atoms with Crippen molar-refractivity contribution >= 4 is 49.8 Å². The molecule has 2 aromatic heterocycles. The first-order valence-electron chi connectivity index (χ1n) is 11.0. The zero-order valence-electron chi connectivity index (χ0n) is 18.2. The number of amides is 1. The minimum atomic E-state index is -0.400. The van der Waals surface area contributed by atoms with E-state index >= 15 is 0 Å². The number of aryl methyl sites for hydroxylation is 1. The molecule has 0 aliphatic carbocycles. The smallest absolute Gasteiger partial charge is 0.249 e. The number of nitrogens with two attached hydrogens (primary N) is 1. The first kappa shape index (κ1) is 19.8. The van der Waals surface area contributed by atoms with E-state index in [-0.39, 0.29) is 0 Å². The molecule has 6 rings (SSSR count). The van der Waals surface area contributed by atoms with Crippen LogP contribution in [0.3, 0.4) is 0 Å². The van der Waals surface area contributed by atoms with E-state index in [1.807, 2.05) is 12.1 Å². The Labute approximate surface area is 195 Å². The summed E-state index contributed by atoms with van der Waals surface area (Å²) in [5, 5.41) is 6.55. The molecular weight excluding hydrogens is 424 g/mol. The molecule has 0 atom stereocenters. The molecule has 0 spiro atoms. The predicted octanol–water partition coefficient (Wildman–Crippen LogP) is 7.13. The van der Waals surface area contributed by atoms with E-state index in [2.05, 4.69) is 89.7 Å². The number of carbonyl (C=O) groups excluding carboxylic acids is 1. The minimum Gasteiger partial charge on any atom is -0.366 e. The van der Waals surface area contributed by atoms with Crippen molar-refractivity contribution in [1.29, 1.82) is 0 Å². The summed E-state index contributed by atoms with van der Waals surface area (Å²) < 4.78 is 2.31. The van der Waals surface area contributed by atoms with Gasteiger partial charge in [-0.2, -0.15) is 0 Å². The minimum absolute atomic E-state index is 0.400. The number of thiophene rings is 1. The Bertz CT molecular complexity index is 1680. The normalized spacial score (nSPS) is 11.5. The van der Waals surface area contributed by atoms with Crippen LogP contribution in [0.2, 0.25) is 0 Å². The van der Waals surface area contributed by atoms with Crippen LogP contribution < -0.4 is 5.73 Å². The van der Waals surface area contributed by atoms with Crippen LogP contribution >= 0.6 is 11.3 Å². The Morgan fingerprint density at radius 2 is 1.73 bits per heavy atom. The number of benzene rings is 4. The monoisotopic (exact) mass is 446 g/mol. The molecule has 0 aliphatic heterocycles. The van der Waals surface area contributed by atoms with Gasteiger partial charge in [0.25, 0.3) is 0 Å². The predicted molar refractivity (Wildman–Crippen MR) is 139 cm³/mol. The summed E-state index contributed by atoms with van der Waals surface area (Å²) >= 11 is 1.73. The van der Waals surface area contributed by atoms with Crippen LogP contribution in [0.15, 0.2) is 90.3 Å². The molecule has 0 unspecified atom stereocenters. The van der Waals surface area contributed by atoms with Crippen LogP contribution in [0.5, 0.6) is 0 Å².